The number of aromatic nitrogens is 1. The van der Waals surface area contributed by atoms with Gasteiger partial charge in [-0.3, -0.25) is 4.79 Å². The highest BCUT2D eigenvalue weighted by atomic mass is 19.4. The first-order valence-electron chi connectivity index (χ1n) is 5.75. The third-order valence-corrected chi connectivity index (χ3v) is 3.12. The molecule has 0 spiro atoms. The number of rotatable bonds is 1. The molecule has 5 nitrogen and oxygen atoms in total. The summed E-state index contributed by atoms with van der Waals surface area (Å²) in [6.07, 6.45) is -5.09. The number of carbonyl (C=O) groups excluding carboxylic acids is 1. The van der Waals surface area contributed by atoms with Gasteiger partial charge < -0.3 is 14.5 Å². The first kappa shape index (κ1) is 13.9. The Hall–Kier alpha value is -1.57. The third-order valence-electron chi connectivity index (χ3n) is 3.12. The Labute approximate surface area is 107 Å². The number of aryl methyl sites for hydroxylation is 1. The van der Waals surface area contributed by atoms with Crippen LogP contribution in [0.25, 0.3) is 0 Å². The van der Waals surface area contributed by atoms with Crippen LogP contribution in [0.15, 0.2) is 10.6 Å². The predicted molar refractivity (Wildman–Crippen MR) is 57.4 cm³/mol. The summed E-state index contributed by atoms with van der Waals surface area (Å²) >= 11 is 0. The number of aliphatic hydroxyl groups is 1. The number of piperidine rings is 1. The number of β-amino-alcohol motifs (C(OH)–C–C–N with tert-alkyl or cyclic N) is 1. The molecular formula is C11H13F3N2O3. The highest BCUT2D eigenvalue weighted by molar-refractivity contribution is 5.91. The molecule has 1 saturated heterocycles. The highest BCUT2D eigenvalue weighted by Crippen LogP contribution is 2.37. The lowest BCUT2D eigenvalue weighted by Gasteiger charge is -2.39. The second kappa shape index (κ2) is 4.52. The van der Waals surface area contributed by atoms with Gasteiger partial charge in [-0.15, -0.1) is 0 Å². The second-order valence-corrected chi connectivity index (χ2v) is 4.69. The molecule has 8 heteroatoms. The molecule has 1 aromatic rings. The van der Waals surface area contributed by atoms with E-state index in [0.717, 1.165) is 4.90 Å². The van der Waals surface area contributed by atoms with Crippen molar-refractivity contribution in [3.8, 4) is 0 Å². The Balaban J connectivity index is 2.16. The van der Waals surface area contributed by atoms with Crippen LogP contribution in [0.4, 0.5) is 13.2 Å². The molecule has 2 rings (SSSR count). The lowest BCUT2D eigenvalue weighted by Crippen LogP contribution is -2.58. The zero-order valence-electron chi connectivity index (χ0n) is 10.2. The van der Waals surface area contributed by atoms with E-state index in [4.69, 9.17) is 4.52 Å². The summed E-state index contributed by atoms with van der Waals surface area (Å²) in [4.78, 5) is 12.9. The number of alkyl halides is 3. The molecule has 0 bridgehead atoms. The largest absolute Gasteiger partial charge is 0.418 e. The smallest absolute Gasteiger partial charge is 0.379 e. The lowest BCUT2D eigenvalue weighted by molar-refractivity contribution is -0.271. The van der Waals surface area contributed by atoms with Crippen LogP contribution < -0.4 is 0 Å². The summed E-state index contributed by atoms with van der Waals surface area (Å²) in [6.45, 7) is 0.967. The Bertz CT molecular complexity index is 486. The van der Waals surface area contributed by atoms with E-state index in [0.29, 0.717) is 5.69 Å². The van der Waals surface area contributed by atoms with Gasteiger partial charge in [0.1, 0.15) is 0 Å². The molecule has 106 valence electrons. The quantitative estimate of drug-likeness (QED) is 0.845. The van der Waals surface area contributed by atoms with Gasteiger partial charge in [0.05, 0.1) is 12.2 Å². The predicted octanol–water partition coefficient (Wildman–Crippen LogP) is 1.51. The summed E-state index contributed by atoms with van der Waals surface area (Å²) in [5, 5.41) is 13.1. The molecule has 1 N–H and O–H groups in total. The van der Waals surface area contributed by atoms with Crippen LogP contribution in [0.1, 0.15) is 29.1 Å². The number of halogens is 3. The van der Waals surface area contributed by atoms with E-state index in [1.165, 1.54) is 6.07 Å². The molecule has 1 aliphatic rings. The van der Waals surface area contributed by atoms with Crippen LogP contribution in [0, 0.1) is 6.92 Å². The molecule has 1 aliphatic heterocycles. The van der Waals surface area contributed by atoms with E-state index in [1.54, 1.807) is 6.92 Å². The molecule has 2 heterocycles. The van der Waals surface area contributed by atoms with Gasteiger partial charge in [0.25, 0.3) is 5.91 Å². The van der Waals surface area contributed by atoms with Crippen molar-refractivity contribution in [2.75, 3.05) is 13.1 Å². The minimum Gasteiger partial charge on any atom is -0.379 e. The number of amides is 1. The average Bonchev–Trinajstić information content (AvgIpc) is 2.73. The van der Waals surface area contributed by atoms with Crippen LogP contribution in [0.2, 0.25) is 0 Å². The van der Waals surface area contributed by atoms with Crippen LogP contribution in [-0.4, -0.2) is 45.9 Å². The first-order chi connectivity index (χ1) is 8.73. The standard InChI is InChI=1S/C11H13F3N2O3/c1-7-5-8(19-15-7)9(17)16-4-2-3-10(18,6-16)11(12,13)14/h5,18H,2-4,6H2,1H3/t10-/m0/s1. The van der Waals surface area contributed by atoms with Gasteiger partial charge in [-0.05, 0) is 19.8 Å². The van der Waals surface area contributed by atoms with Gasteiger partial charge in [-0.1, -0.05) is 5.16 Å². The van der Waals surface area contributed by atoms with Crippen molar-refractivity contribution >= 4 is 5.91 Å². The van der Waals surface area contributed by atoms with Gasteiger partial charge >= 0.3 is 6.18 Å². The van der Waals surface area contributed by atoms with Crippen LogP contribution >= 0.6 is 0 Å². The molecule has 1 amide bonds. The van der Waals surface area contributed by atoms with Crippen molar-refractivity contribution in [2.45, 2.75) is 31.5 Å². The van der Waals surface area contributed by atoms with Gasteiger partial charge in [-0.25, -0.2) is 0 Å². The lowest BCUT2D eigenvalue weighted by atomic mass is 9.92. The Morgan fingerprint density at radius 1 is 1.58 bits per heavy atom. The van der Waals surface area contributed by atoms with Gasteiger partial charge in [-0.2, -0.15) is 13.2 Å². The normalized spacial score (nSPS) is 24.6. The molecular weight excluding hydrogens is 265 g/mol. The van der Waals surface area contributed by atoms with E-state index in [2.05, 4.69) is 5.16 Å². The molecule has 0 aliphatic carbocycles. The molecule has 19 heavy (non-hydrogen) atoms. The fourth-order valence-corrected chi connectivity index (χ4v) is 2.06. The zero-order valence-corrected chi connectivity index (χ0v) is 10.2. The van der Waals surface area contributed by atoms with Crippen molar-refractivity contribution in [1.82, 2.24) is 10.1 Å². The molecule has 0 unspecified atom stereocenters. The van der Waals surface area contributed by atoms with E-state index < -0.39 is 30.7 Å². The zero-order chi connectivity index (χ0) is 14.3. The molecule has 1 aromatic heterocycles. The summed E-state index contributed by atoms with van der Waals surface area (Å²) in [6, 6.07) is 1.35. The number of carbonyl (C=O) groups is 1. The van der Waals surface area contributed by atoms with E-state index in [-0.39, 0.29) is 18.7 Å². The monoisotopic (exact) mass is 278 g/mol. The van der Waals surface area contributed by atoms with Crippen molar-refractivity contribution in [1.29, 1.82) is 0 Å². The van der Waals surface area contributed by atoms with Gasteiger partial charge in [0.2, 0.25) is 5.76 Å². The van der Waals surface area contributed by atoms with Crippen molar-refractivity contribution in [3.05, 3.63) is 17.5 Å². The Morgan fingerprint density at radius 2 is 2.26 bits per heavy atom. The first-order valence-corrected chi connectivity index (χ1v) is 5.75. The van der Waals surface area contributed by atoms with Crippen molar-refractivity contribution < 1.29 is 27.6 Å². The maximum Gasteiger partial charge on any atom is 0.418 e. The van der Waals surface area contributed by atoms with Gasteiger partial charge in [0.15, 0.2) is 5.60 Å². The number of likely N-dealkylation sites (tertiary alicyclic amines) is 1. The fourth-order valence-electron chi connectivity index (χ4n) is 2.06. The maximum atomic E-state index is 12.7. The summed E-state index contributed by atoms with van der Waals surface area (Å²) in [5.74, 6) is -0.813. The van der Waals surface area contributed by atoms with E-state index in [1.807, 2.05) is 0 Å². The maximum absolute atomic E-state index is 12.7. The molecule has 0 radical (unpaired) electrons. The number of nitrogens with zero attached hydrogens (tertiary/aromatic N) is 2. The molecule has 1 atom stereocenters. The van der Waals surface area contributed by atoms with Crippen LogP contribution in [-0.2, 0) is 0 Å². The molecule has 0 saturated carbocycles. The Morgan fingerprint density at radius 3 is 2.79 bits per heavy atom. The molecule has 0 aromatic carbocycles. The van der Waals surface area contributed by atoms with E-state index >= 15 is 0 Å². The van der Waals surface area contributed by atoms with Crippen LogP contribution in [0.5, 0.6) is 0 Å². The average molecular weight is 278 g/mol. The van der Waals surface area contributed by atoms with Crippen LogP contribution in [0.3, 0.4) is 0 Å². The minimum atomic E-state index is -4.76. The Kier molecular flexibility index (Phi) is 3.29. The van der Waals surface area contributed by atoms with Crippen molar-refractivity contribution in [2.24, 2.45) is 0 Å². The molecule has 1 fully saturated rings. The highest BCUT2D eigenvalue weighted by Gasteiger charge is 2.56. The summed E-state index contributed by atoms with van der Waals surface area (Å²) in [5.41, 5.74) is -2.39. The van der Waals surface area contributed by atoms with Crippen molar-refractivity contribution in [3.63, 3.8) is 0 Å². The third kappa shape index (κ3) is 2.58. The number of hydrogen-bond acceptors (Lipinski definition) is 4. The summed E-state index contributed by atoms with van der Waals surface area (Å²) < 4.78 is 43.0. The SMILES string of the molecule is Cc1cc(C(=O)N2CCC[C@@](O)(C(F)(F)F)C2)on1. The second-order valence-electron chi connectivity index (χ2n) is 4.69. The van der Waals surface area contributed by atoms with Gasteiger partial charge in [0, 0.05) is 12.6 Å². The van der Waals surface area contributed by atoms with E-state index in [9.17, 15) is 23.1 Å². The minimum absolute atomic E-state index is 0.0782. The summed E-state index contributed by atoms with van der Waals surface area (Å²) in [7, 11) is 0. The fraction of sp³-hybridized carbons (Fsp3) is 0.636. The number of hydrogen-bond donors (Lipinski definition) is 1. The topological polar surface area (TPSA) is 66.6 Å².